The minimum Gasteiger partial charge on any atom is -0.465 e. The molecule has 0 spiro atoms. The van der Waals surface area contributed by atoms with Gasteiger partial charge >= 0.3 is 5.97 Å². The summed E-state index contributed by atoms with van der Waals surface area (Å²) in [5, 5.41) is 0.635. The Morgan fingerprint density at radius 1 is 1.06 bits per heavy atom. The molecule has 7 nitrogen and oxygen atoms in total. The van der Waals surface area contributed by atoms with Crippen LogP contribution < -0.4 is 4.31 Å². The van der Waals surface area contributed by atoms with Crippen LogP contribution in [0, 0.1) is 13.8 Å². The number of para-hydroxylation sites is 1. The van der Waals surface area contributed by atoms with Crippen molar-refractivity contribution in [2.24, 2.45) is 0 Å². The first-order chi connectivity index (χ1) is 14.6. The lowest BCUT2D eigenvalue weighted by Crippen LogP contribution is -2.31. The van der Waals surface area contributed by atoms with Crippen molar-refractivity contribution in [3.8, 4) is 0 Å². The number of hydrogen-bond donors (Lipinski definition) is 0. The highest BCUT2D eigenvalue weighted by atomic mass is 32.2. The van der Waals surface area contributed by atoms with Crippen molar-refractivity contribution < 1.29 is 22.7 Å². The van der Waals surface area contributed by atoms with Gasteiger partial charge in [-0.15, -0.1) is 0 Å². The van der Waals surface area contributed by atoms with E-state index in [1.165, 1.54) is 22.2 Å². The van der Waals surface area contributed by atoms with Crippen molar-refractivity contribution in [2.75, 3.05) is 24.2 Å². The van der Waals surface area contributed by atoms with E-state index in [4.69, 9.17) is 4.74 Å². The number of anilines is 1. The first-order valence-corrected chi connectivity index (χ1v) is 11.7. The molecule has 0 radical (unpaired) electrons. The summed E-state index contributed by atoms with van der Waals surface area (Å²) in [4.78, 5) is 25.0. The SMILES string of the molecule is COC(=O)c1cn(C(=O)CCCN(c2cc(C)cc(C)c2)S(C)(=O)=O)c2ccccc12. The number of aromatic nitrogens is 1. The van der Waals surface area contributed by atoms with E-state index in [9.17, 15) is 18.0 Å². The van der Waals surface area contributed by atoms with E-state index in [0.717, 1.165) is 17.4 Å². The molecule has 0 saturated carbocycles. The van der Waals surface area contributed by atoms with Crippen molar-refractivity contribution in [1.29, 1.82) is 0 Å². The molecule has 0 atom stereocenters. The Kier molecular flexibility index (Phi) is 6.50. The smallest absolute Gasteiger partial charge is 0.340 e. The lowest BCUT2D eigenvalue weighted by Gasteiger charge is -2.23. The van der Waals surface area contributed by atoms with E-state index >= 15 is 0 Å². The molecule has 3 rings (SSSR count). The summed E-state index contributed by atoms with van der Waals surface area (Å²) in [6, 6.07) is 12.7. The maximum absolute atomic E-state index is 12.9. The van der Waals surface area contributed by atoms with Crippen LogP contribution in [0.25, 0.3) is 10.9 Å². The van der Waals surface area contributed by atoms with Crippen LogP contribution in [0.2, 0.25) is 0 Å². The van der Waals surface area contributed by atoms with Gasteiger partial charge in [0.25, 0.3) is 0 Å². The van der Waals surface area contributed by atoms with E-state index < -0.39 is 16.0 Å². The normalized spacial score (nSPS) is 11.5. The molecule has 0 aliphatic rings. The molecule has 0 aliphatic heterocycles. The zero-order valence-corrected chi connectivity index (χ0v) is 18.9. The molecule has 8 heteroatoms. The number of carbonyl (C=O) groups excluding carboxylic acids is 2. The van der Waals surface area contributed by atoms with E-state index in [0.29, 0.717) is 28.6 Å². The summed E-state index contributed by atoms with van der Waals surface area (Å²) in [7, 11) is -2.21. The molecule has 164 valence electrons. The number of carbonyl (C=O) groups is 2. The van der Waals surface area contributed by atoms with Gasteiger partial charge in [0, 0.05) is 24.5 Å². The number of methoxy groups -OCH3 is 1. The fourth-order valence-corrected chi connectivity index (χ4v) is 4.68. The fraction of sp³-hybridized carbons (Fsp3) is 0.304. The summed E-state index contributed by atoms with van der Waals surface area (Å²) in [6.45, 7) is 4.00. The average molecular weight is 443 g/mol. The molecule has 2 aromatic carbocycles. The van der Waals surface area contributed by atoms with Crippen LogP contribution in [0.3, 0.4) is 0 Å². The highest BCUT2D eigenvalue weighted by Crippen LogP contribution is 2.24. The molecule has 0 saturated heterocycles. The molecule has 31 heavy (non-hydrogen) atoms. The zero-order valence-electron chi connectivity index (χ0n) is 18.1. The molecule has 0 aliphatic carbocycles. The fourth-order valence-electron chi connectivity index (χ4n) is 3.73. The monoisotopic (exact) mass is 442 g/mol. The molecule has 0 N–H and O–H groups in total. The Balaban J connectivity index is 1.81. The van der Waals surface area contributed by atoms with Gasteiger partial charge in [0.05, 0.1) is 30.1 Å². The quantitative estimate of drug-likeness (QED) is 0.518. The molecule has 0 amide bonds. The average Bonchev–Trinajstić information content (AvgIpc) is 3.08. The highest BCUT2D eigenvalue weighted by Gasteiger charge is 2.21. The Morgan fingerprint density at radius 2 is 1.71 bits per heavy atom. The number of rotatable bonds is 7. The minimum atomic E-state index is -3.51. The Hall–Kier alpha value is -3.13. The second-order valence-corrected chi connectivity index (χ2v) is 9.51. The van der Waals surface area contributed by atoms with Gasteiger partial charge in [-0.3, -0.25) is 13.7 Å². The minimum absolute atomic E-state index is 0.121. The van der Waals surface area contributed by atoms with Crippen molar-refractivity contribution in [3.63, 3.8) is 0 Å². The predicted octanol–water partition coefficient (Wildman–Crippen LogP) is 3.93. The largest absolute Gasteiger partial charge is 0.465 e. The van der Waals surface area contributed by atoms with Gasteiger partial charge in [0.15, 0.2) is 0 Å². The van der Waals surface area contributed by atoms with E-state index in [2.05, 4.69) is 0 Å². The number of ether oxygens (including phenoxy) is 1. The van der Waals surface area contributed by atoms with Gasteiger partial charge in [-0.05, 0) is 49.6 Å². The third kappa shape index (κ3) is 4.96. The maximum atomic E-state index is 12.9. The van der Waals surface area contributed by atoms with Crippen LogP contribution in [0.5, 0.6) is 0 Å². The molecule has 1 aromatic heterocycles. The van der Waals surface area contributed by atoms with Crippen LogP contribution in [0.4, 0.5) is 5.69 Å². The Labute approximate surface area is 182 Å². The maximum Gasteiger partial charge on any atom is 0.340 e. The van der Waals surface area contributed by atoms with Crippen LogP contribution in [0.1, 0.15) is 39.1 Å². The zero-order chi connectivity index (χ0) is 22.8. The molecule has 3 aromatic rings. The summed E-state index contributed by atoms with van der Waals surface area (Å²) in [5.41, 5.74) is 3.45. The van der Waals surface area contributed by atoms with Crippen molar-refractivity contribution >= 4 is 38.5 Å². The van der Waals surface area contributed by atoms with Gasteiger partial charge in [-0.1, -0.05) is 24.3 Å². The third-order valence-electron chi connectivity index (χ3n) is 5.03. The van der Waals surface area contributed by atoms with Gasteiger partial charge < -0.3 is 4.74 Å². The van der Waals surface area contributed by atoms with Gasteiger partial charge in [0.1, 0.15) is 0 Å². The summed E-state index contributed by atoms with van der Waals surface area (Å²) in [5.74, 6) is -0.735. The van der Waals surface area contributed by atoms with Crippen LogP contribution in [0.15, 0.2) is 48.7 Å². The van der Waals surface area contributed by atoms with Crippen LogP contribution >= 0.6 is 0 Å². The summed E-state index contributed by atoms with van der Waals surface area (Å²) in [6.07, 6.45) is 3.10. The van der Waals surface area contributed by atoms with Gasteiger partial charge in [0.2, 0.25) is 15.9 Å². The standard InChI is InChI=1S/C23H26N2O5S/c1-16-12-17(2)14-18(13-16)25(31(4,28)29)11-7-10-22(26)24-15-20(23(27)30-3)19-8-5-6-9-21(19)24/h5-6,8-9,12-15H,7,10-11H2,1-4H3. The molecule has 1 heterocycles. The number of sulfonamides is 1. The summed E-state index contributed by atoms with van der Waals surface area (Å²) >= 11 is 0. The van der Waals surface area contributed by atoms with E-state index in [1.807, 2.05) is 32.0 Å². The number of benzene rings is 2. The van der Waals surface area contributed by atoms with Gasteiger partial charge in [-0.25, -0.2) is 13.2 Å². The second-order valence-electron chi connectivity index (χ2n) is 7.60. The number of nitrogens with zero attached hydrogens (tertiary/aromatic N) is 2. The third-order valence-corrected chi connectivity index (χ3v) is 6.23. The lowest BCUT2D eigenvalue weighted by atomic mass is 10.1. The molecule has 0 bridgehead atoms. The van der Waals surface area contributed by atoms with E-state index in [-0.39, 0.29) is 18.9 Å². The number of fused-ring (bicyclic) bond motifs is 1. The van der Waals surface area contributed by atoms with Crippen LogP contribution in [-0.4, -0.2) is 44.8 Å². The predicted molar refractivity (Wildman–Crippen MR) is 121 cm³/mol. The Bertz CT molecular complexity index is 1220. The summed E-state index contributed by atoms with van der Waals surface area (Å²) < 4.78 is 32.3. The Morgan fingerprint density at radius 3 is 2.32 bits per heavy atom. The molecule has 0 unspecified atom stereocenters. The van der Waals surface area contributed by atoms with Crippen molar-refractivity contribution in [3.05, 3.63) is 65.4 Å². The number of hydrogen-bond acceptors (Lipinski definition) is 5. The first-order valence-electron chi connectivity index (χ1n) is 9.89. The molecular weight excluding hydrogens is 416 g/mol. The van der Waals surface area contributed by atoms with Crippen molar-refractivity contribution in [1.82, 2.24) is 4.57 Å². The first kappa shape index (κ1) is 22.6. The topological polar surface area (TPSA) is 85.7 Å². The number of esters is 1. The second kappa shape index (κ2) is 8.93. The lowest BCUT2D eigenvalue weighted by molar-refractivity contribution is 0.0603. The number of aryl methyl sites for hydroxylation is 2. The van der Waals surface area contributed by atoms with E-state index in [1.54, 1.807) is 24.3 Å². The molecule has 0 fully saturated rings. The van der Waals surface area contributed by atoms with Crippen molar-refractivity contribution in [2.45, 2.75) is 26.7 Å². The highest BCUT2D eigenvalue weighted by molar-refractivity contribution is 7.92. The molecular formula is C23H26N2O5S. The van der Waals surface area contributed by atoms with Crippen LogP contribution in [-0.2, 0) is 14.8 Å². The van der Waals surface area contributed by atoms with Gasteiger partial charge in [-0.2, -0.15) is 0 Å².